The minimum absolute atomic E-state index is 0.276. The zero-order valence-electron chi connectivity index (χ0n) is 77.3. The molecule has 0 radical (unpaired) electrons. The molecule has 30 rings (SSSR count). The van der Waals surface area contributed by atoms with Crippen molar-refractivity contribution in [1.82, 2.24) is 17.6 Å². The molecule has 8 heterocycles. The molecular weight excluding hydrogens is 1770 g/mol. The molecule has 12 heteroatoms. The lowest BCUT2D eigenvalue weighted by molar-refractivity contribution is 0.627. The lowest BCUT2D eigenvalue weighted by atomic mass is 9.89. The normalized spacial score (nSPS) is 12.0. The van der Waals surface area contributed by atoms with Crippen molar-refractivity contribution in [2.75, 3.05) is 19.6 Å². The summed E-state index contributed by atoms with van der Waals surface area (Å²) in [7, 11) is 0. The van der Waals surface area contributed by atoms with E-state index in [1.54, 1.807) is 24.3 Å². The molecule has 144 heavy (non-hydrogen) atoms. The van der Waals surface area contributed by atoms with Gasteiger partial charge in [0, 0.05) is 154 Å². The van der Waals surface area contributed by atoms with Gasteiger partial charge in [-0.15, -0.1) is 0 Å². The zero-order valence-corrected chi connectivity index (χ0v) is 77.3. The van der Waals surface area contributed by atoms with Crippen LogP contribution in [0.2, 0.25) is 0 Å². The second-order valence-corrected chi connectivity index (χ2v) is 37.3. The number of aromatic nitrogens is 4. The van der Waals surface area contributed by atoms with Gasteiger partial charge in [0.1, 0.15) is 23.3 Å². The van der Waals surface area contributed by atoms with Crippen LogP contribution in [0.5, 0.6) is 0 Å². The van der Waals surface area contributed by atoms with Crippen LogP contribution in [0.4, 0.5) is 85.8 Å². The summed E-state index contributed by atoms with van der Waals surface area (Å²) in [5.74, 6) is -1.13. The van der Waals surface area contributed by atoms with Gasteiger partial charge in [-0.05, 0) is 204 Å². The first-order chi connectivity index (χ1) is 71.2. The van der Waals surface area contributed by atoms with E-state index in [1.165, 1.54) is 57.9 Å². The Bertz CT molecular complexity index is 9730. The highest BCUT2D eigenvalue weighted by molar-refractivity contribution is 6.42. The van der Waals surface area contributed by atoms with Gasteiger partial charge in [-0.3, -0.25) is 0 Å². The third-order valence-electron chi connectivity index (χ3n) is 29.6. The molecular formula is C132H80F4N8. The first-order valence-corrected chi connectivity index (χ1v) is 48.6. The van der Waals surface area contributed by atoms with E-state index in [2.05, 4.69) is 377 Å². The van der Waals surface area contributed by atoms with Crippen molar-refractivity contribution in [3.8, 4) is 44.5 Å². The summed E-state index contributed by atoms with van der Waals surface area (Å²) in [6, 6.07) is 165. The highest BCUT2D eigenvalue weighted by atomic mass is 19.1. The van der Waals surface area contributed by atoms with Gasteiger partial charge in [0.25, 0.3) is 0 Å². The molecule has 0 bridgehead atoms. The minimum Gasteiger partial charge on any atom is -0.310 e. The van der Waals surface area contributed by atoms with Crippen molar-refractivity contribution >= 4 is 221 Å². The number of halogens is 4. The summed E-state index contributed by atoms with van der Waals surface area (Å²) in [6.07, 6.45) is 0. The third-order valence-corrected chi connectivity index (χ3v) is 29.6. The highest BCUT2D eigenvalue weighted by Crippen LogP contribution is 2.60. The fourth-order valence-electron chi connectivity index (χ4n) is 24.2. The Kier molecular flexibility index (Phi) is 18.4. The summed E-state index contributed by atoms with van der Waals surface area (Å²) in [6.45, 7) is 0. The van der Waals surface area contributed by atoms with Crippen LogP contribution in [-0.2, 0) is 0 Å². The Balaban J connectivity index is 0.000000137. The van der Waals surface area contributed by atoms with E-state index >= 15 is 8.78 Å². The van der Waals surface area contributed by atoms with Crippen molar-refractivity contribution in [2.24, 2.45) is 0 Å². The molecule has 0 N–H and O–H groups in total. The molecule has 22 aromatic carbocycles. The number of rotatable bonds is 16. The monoisotopic (exact) mass is 1850 g/mol. The van der Waals surface area contributed by atoms with Gasteiger partial charge in [0.15, 0.2) is 0 Å². The first-order valence-electron chi connectivity index (χ1n) is 48.6. The topological polar surface area (TPSA) is 30.6 Å². The Morgan fingerprint density at radius 3 is 0.556 bits per heavy atom. The lowest BCUT2D eigenvalue weighted by Gasteiger charge is -2.26. The van der Waals surface area contributed by atoms with Gasteiger partial charge in [0.2, 0.25) is 0 Å². The molecule has 676 valence electrons. The van der Waals surface area contributed by atoms with E-state index in [0.717, 1.165) is 244 Å². The van der Waals surface area contributed by atoms with Crippen LogP contribution in [0.3, 0.4) is 0 Å². The summed E-state index contributed by atoms with van der Waals surface area (Å²) in [5.41, 5.74) is 33.5. The van der Waals surface area contributed by atoms with E-state index in [4.69, 9.17) is 0 Å². The molecule has 0 unspecified atom stereocenters. The van der Waals surface area contributed by atoms with E-state index in [9.17, 15) is 8.78 Å². The Morgan fingerprint density at radius 2 is 0.326 bits per heavy atom. The molecule has 0 aliphatic heterocycles. The molecule has 0 saturated heterocycles. The van der Waals surface area contributed by atoms with Crippen molar-refractivity contribution < 1.29 is 17.6 Å². The van der Waals surface area contributed by atoms with Gasteiger partial charge in [-0.2, -0.15) is 0 Å². The molecule has 8 nitrogen and oxygen atoms in total. The van der Waals surface area contributed by atoms with E-state index in [0.29, 0.717) is 0 Å². The van der Waals surface area contributed by atoms with Crippen LogP contribution < -0.4 is 19.6 Å². The maximum absolute atomic E-state index is 15.3. The quantitative estimate of drug-likeness (QED) is 0.0902. The lowest BCUT2D eigenvalue weighted by Crippen LogP contribution is -2.10. The number of para-hydroxylation sites is 8. The maximum atomic E-state index is 15.3. The SMILES string of the molecule is Fc1ccc(N(c2ccccc2)c2cccc3c2c2cccc4c5c(-c6ccccc6)c6c(c(-c7ccccc7)c5n3c24)c2cccc3c4c(N(c5ccccc5)c5ccc(F)cc5)cccc4n6c32)cc1.Fc1cccc(N(c2ccccc2)c2cccc3c2c2cccc4c5c(-c6ccccc6)c6c(c(-c7ccccc7)c5n3c24)c2cccc3c4c(N(c5ccccc5)c5cccc(F)c5)cccc4n6c32)c1. The Morgan fingerprint density at radius 1 is 0.139 bits per heavy atom. The van der Waals surface area contributed by atoms with Crippen LogP contribution >= 0.6 is 0 Å². The minimum atomic E-state index is -0.292. The van der Waals surface area contributed by atoms with Gasteiger partial charge in [-0.1, -0.05) is 303 Å². The molecule has 0 aliphatic carbocycles. The van der Waals surface area contributed by atoms with E-state index in [-0.39, 0.29) is 23.3 Å². The summed E-state index contributed by atoms with van der Waals surface area (Å²) < 4.78 is 69.8. The number of hydrogen-bond acceptors (Lipinski definition) is 4. The second kappa shape index (κ2) is 32.3. The van der Waals surface area contributed by atoms with Crippen LogP contribution in [0.1, 0.15) is 0 Å². The summed E-state index contributed by atoms with van der Waals surface area (Å²) >= 11 is 0. The largest absolute Gasteiger partial charge is 0.310 e. The van der Waals surface area contributed by atoms with Gasteiger partial charge < -0.3 is 37.2 Å². The molecule has 8 aromatic heterocycles. The maximum Gasteiger partial charge on any atom is 0.125 e. The van der Waals surface area contributed by atoms with E-state index in [1.807, 2.05) is 84.9 Å². The predicted octanol–water partition coefficient (Wildman–Crippen LogP) is 37.1. The first kappa shape index (κ1) is 82.1. The predicted molar refractivity (Wildman–Crippen MR) is 592 cm³/mol. The zero-order chi connectivity index (χ0) is 95.2. The average Bonchev–Trinajstić information content (AvgIpc) is 1.49. The third kappa shape index (κ3) is 12.1. The fraction of sp³-hybridized carbons (Fsp3) is 0. The Hall–Kier alpha value is -19.0. The van der Waals surface area contributed by atoms with Crippen LogP contribution in [0, 0.1) is 23.3 Å². The number of hydrogen-bond donors (Lipinski definition) is 0. The highest BCUT2D eigenvalue weighted by Gasteiger charge is 2.37. The van der Waals surface area contributed by atoms with Gasteiger partial charge >= 0.3 is 0 Å². The van der Waals surface area contributed by atoms with Crippen LogP contribution in [0.25, 0.3) is 197 Å². The molecule has 0 aliphatic rings. The van der Waals surface area contributed by atoms with Gasteiger partial charge in [0.05, 0.1) is 88.9 Å². The van der Waals surface area contributed by atoms with Crippen LogP contribution in [0.15, 0.2) is 485 Å². The molecule has 0 fully saturated rings. The second-order valence-electron chi connectivity index (χ2n) is 37.3. The Labute approximate surface area is 822 Å². The van der Waals surface area contributed by atoms with Crippen molar-refractivity contribution in [3.05, 3.63) is 509 Å². The number of anilines is 12. The molecule has 30 aromatic rings. The molecule has 0 amide bonds. The molecule has 0 saturated carbocycles. The standard InChI is InChI=1S/2C66H40F2N4/c67-43-23-13-29-47(39-43)69(45-25-9-3-10-26-45)53-35-17-37-55-59(53)50-32-16-34-52-62-58(42-21-7-2-8-22-42)66-61(57(41-19-5-1-6-20-41)65(62)71(55)64(50)52)51-33-15-31-49-60-54(36-18-38-56(60)72(66)63(49)51)70(46-27-11-4-12-28-46)48-30-14-24-44(68)40-48;67-43-33-37-47(38-34-43)69(45-21-9-3-10-22-45)53-29-15-31-55-59(53)50-26-14-28-52-62-58(42-19-7-2-8-20-42)66-61(57(41-17-5-1-6-18-41)65(62)71(55)64(50)52)51-27-13-25-49-60-54(30-16-32-56(60)72(66)63(49)51)70(46-23-11-4-12-24-46)48-39-35-44(68)36-40-48/h2*1-40H. The number of fused-ring (bicyclic) bond motifs is 24. The smallest absolute Gasteiger partial charge is 0.125 e. The summed E-state index contributed by atoms with van der Waals surface area (Å²) in [4.78, 5) is 8.86. The number of nitrogens with zero attached hydrogens (tertiary/aromatic N) is 8. The van der Waals surface area contributed by atoms with E-state index < -0.39 is 0 Å². The van der Waals surface area contributed by atoms with Crippen molar-refractivity contribution in [1.29, 1.82) is 0 Å². The molecule has 0 atom stereocenters. The average molecular weight is 1850 g/mol. The van der Waals surface area contributed by atoms with Crippen molar-refractivity contribution in [3.63, 3.8) is 0 Å². The molecule has 0 spiro atoms. The summed E-state index contributed by atoms with van der Waals surface area (Å²) in [5, 5.41) is 18.2. The fourth-order valence-corrected chi connectivity index (χ4v) is 24.2. The number of benzene rings is 22. The van der Waals surface area contributed by atoms with Gasteiger partial charge in [-0.25, -0.2) is 17.6 Å². The van der Waals surface area contributed by atoms with Crippen molar-refractivity contribution in [2.45, 2.75) is 0 Å². The van der Waals surface area contributed by atoms with Crippen LogP contribution in [-0.4, -0.2) is 17.6 Å².